The Morgan fingerprint density at radius 1 is 1.10 bits per heavy atom. The van der Waals surface area contributed by atoms with Gasteiger partial charge in [0.15, 0.2) is 5.76 Å². The predicted molar refractivity (Wildman–Crippen MR) is 136 cm³/mol. The van der Waals surface area contributed by atoms with Crippen LogP contribution >= 0.6 is 0 Å². The number of carbonyl (C=O) groups is 2. The normalized spacial score (nSPS) is 23.0. The maximum absolute atomic E-state index is 13.3. The minimum Gasteiger partial charge on any atom is -0.493 e. The number of aryl methyl sites for hydroxylation is 1. The Hall–Kier alpha value is -3.42. The molecular weight excluding hydrogens is 574 g/mol. The second kappa shape index (κ2) is 11.7. The van der Waals surface area contributed by atoms with E-state index in [0.717, 1.165) is 11.0 Å². The molecule has 14 heteroatoms. The van der Waals surface area contributed by atoms with E-state index in [1.165, 1.54) is 0 Å². The van der Waals surface area contributed by atoms with Crippen molar-refractivity contribution in [1.29, 1.82) is 0 Å². The molecule has 2 N–H and O–H groups in total. The summed E-state index contributed by atoms with van der Waals surface area (Å²) in [5.41, 5.74) is -7.47. The fraction of sp³-hybridized carbons (Fsp3) is 0.571. The number of ether oxygens (including phenoxy) is 3. The summed E-state index contributed by atoms with van der Waals surface area (Å²) in [5.74, 6) is 0.579. The first-order chi connectivity index (χ1) is 19.6. The van der Waals surface area contributed by atoms with Crippen LogP contribution in [-0.2, 0) is 26.3 Å². The van der Waals surface area contributed by atoms with Crippen LogP contribution in [0.3, 0.4) is 0 Å². The molecule has 1 aromatic carbocycles. The third kappa shape index (κ3) is 5.77. The van der Waals surface area contributed by atoms with E-state index in [9.17, 15) is 41.0 Å². The zero-order valence-corrected chi connectivity index (χ0v) is 23.0. The number of amides is 3. The molecule has 2 aliphatic heterocycles. The van der Waals surface area contributed by atoms with Crippen LogP contribution < -0.4 is 10.1 Å². The second-order valence-corrected chi connectivity index (χ2v) is 10.6. The van der Waals surface area contributed by atoms with Gasteiger partial charge < -0.3 is 24.6 Å². The first-order valence-corrected chi connectivity index (χ1v) is 13.6. The van der Waals surface area contributed by atoms with E-state index in [-0.39, 0.29) is 36.8 Å². The van der Waals surface area contributed by atoms with Crippen molar-refractivity contribution in [2.45, 2.75) is 69.4 Å². The van der Waals surface area contributed by atoms with Gasteiger partial charge in [0.05, 0.1) is 6.61 Å². The third-order valence-corrected chi connectivity index (χ3v) is 7.67. The van der Waals surface area contributed by atoms with Crippen molar-refractivity contribution in [2.75, 3.05) is 26.4 Å². The number of nitrogens with zero attached hydrogens (tertiary/aromatic N) is 1. The fourth-order valence-corrected chi connectivity index (χ4v) is 5.26. The number of aliphatic hydroxyl groups is 1. The number of nitrogens with one attached hydrogen (secondary N) is 1. The fourth-order valence-electron chi connectivity index (χ4n) is 5.26. The molecule has 0 spiro atoms. The van der Waals surface area contributed by atoms with Gasteiger partial charge in [0.2, 0.25) is 0 Å². The van der Waals surface area contributed by atoms with Gasteiger partial charge in [-0.25, -0.2) is 4.79 Å². The molecular formula is C28H32F6N2O6. The number of halogens is 6. The van der Waals surface area contributed by atoms with Gasteiger partial charge in [-0.15, -0.1) is 0 Å². The number of alkyl halides is 6. The number of urea groups is 1. The number of rotatable bonds is 10. The Morgan fingerprint density at radius 3 is 2.45 bits per heavy atom. The largest absolute Gasteiger partial charge is 0.493 e. The molecule has 2 unspecified atom stereocenters. The third-order valence-electron chi connectivity index (χ3n) is 7.67. The van der Waals surface area contributed by atoms with Crippen molar-refractivity contribution >= 4 is 11.9 Å². The quantitative estimate of drug-likeness (QED) is 0.215. The zero-order valence-electron chi connectivity index (χ0n) is 23.0. The molecule has 232 valence electrons. The topological polar surface area (TPSA) is 97.3 Å². The van der Waals surface area contributed by atoms with Crippen LogP contribution in [-0.4, -0.2) is 66.2 Å². The van der Waals surface area contributed by atoms with Gasteiger partial charge in [0.25, 0.3) is 11.5 Å². The van der Waals surface area contributed by atoms with Gasteiger partial charge in [-0.3, -0.25) is 9.69 Å². The SMILES string of the molecule is CCCc1cc(C(O)(C(F)(F)F)C(F)(F)F)ccc1OCCCCN1C(=O)NC(C)(C2C=CC3=C(C2)OCCO3)C1=O. The molecule has 42 heavy (non-hydrogen) atoms. The molecule has 1 fully saturated rings. The number of hydrogen-bond acceptors (Lipinski definition) is 6. The molecule has 2 atom stereocenters. The minimum atomic E-state index is -5.99. The number of carbonyl (C=O) groups excluding carboxylic acids is 2. The van der Waals surface area contributed by atoms with E-state index in [1.807, 2.05) is 6.08 Å². The summed E-state index contributed by atoms with van der Waals surface area (Å²) < 4.78 is 96.8. The molecule has 0 radical (unpaired) electrons. The molecule has 0 bridgehead atoms. The van der Waals surface area contributed by atoms with Gasteiger partial charge in [-0.05, 0) is 50.0 Å². The van der Waals surface area contributed by atoms with Crippen molar-refractivity contribution in [2.24, 2.45) is 5.92 Å². The van der Waals surface area contributed by atoms with Crippen LogP contribution in [0.25, 0.3) is 0 Å². The molecule has 0 aromatic heterocycles. The lowest BCUT2D eigenvalue weighted by molar-refractivity contribution is -0.376. The van der Waals surface area contributed by atoms with Crippen molar-refractivity contribution in [1.82, 2.24) is 10.2 Å². The summed E-state index contributed by atoms with van der Waals surface area (Å²) in [4.78, 5) is 27.0. The lowest BCUT2D eigenvalue weighted by atomic mass is 9.80. The summed E-state index contributed by atoms with van der Waals surface area (Å²) in [6, 6.07) is 1.65. The Kier molecular flexibility index (Phi) is 8.77. The molecule has 1 saturated heterocycles. The number of benzene rings is 1. The standard InChI is InChI=1S/C28H32F6N2O6/c1-3-6-17-15-19(26(39,27(29,30)31)28(32,33)34)8-9-20(17)40-12-5-4-11-36-23(37)25(2,35-24(36)38)18-7-10-21-22(16-18)42-14-13-41-21/h7-10,15,18,39H,3-6,11-14,16H2,1-2H3,(H,35,38). The molecule has 2 heterocycles. The molecule has 1 aromatic rings. The van der Waals surface area contributed by atoms with Gasteiger partial charge in [0, 0.05) is 24.4 Å². The predicted octanol–water partition coefficient (Wildman–Crippen LogP) is 5.26. The van der Waals surface area contributed by atoms with E-state index in [0.29, 0.717) is 62.5 Å². The van der Waals surface area contributed by atoms with Gasteiger partial charge in [0.1, 0.15) is 30.3 Å². The molecule has 3 amide bonds. The van der Waals surface area contributed by atoms with Crippen LogP contribution in [0.2, 0.25) is 0 Å². The highest BCUT2D eigenvalue weighted by Gasteiger charge is 2.71. The summed E-state index contributed by atoms with van der Waals surface area (Å²) in [7, 11) is 0. The maximum Gasteiger partial charge on any atom is 0.430 e. The number of hydrogen-bond donors (Lipinski definition) is 2. The summed E-state index contributed by atoms with van der Waals surface area (Å²) >= 11 is 0. The van der Waals surface area contributed by atoms with Crippen molar-refractivity contribution in [3.63, 3.8) is 0 Å². The van der Waals surface area contributed by atoms with Gasteiger partial charge in [-0.1, -0.05) is 25.5 Å². The second-order valence-electron chi connectivity index (χ2n) is 10.6. The first kappa shape index (κ1) is 31.5. The Morgan fingerprint density at radius 2 is 1.79 bits per heavy atom. The molecule has 8 nitrogen and oxygen atoms in total. The van der Waals surface area contributed by atoms with Gasteiger partial charge in [-0.2, -0.15) is 26.3 Å². The van der Waals surface area contributed by atoms with Crippen LogP contribution in [0, 0.1) is 5.92 Å². The monoisotopic (exact) mass is 606 g/mol. The van der Waals surface area contributed by atoms with Crippen LogP contribution in [0.4, 0.5) is 31.1 Å². The minimum absolute atomic E-state index is 0.0272. The first-order valence-electron chi connectivity index (χ1n) is 13.6. The van der Waals surface area contributed by atoms with E-state index in [2.05, 4.69) is 5.32 Å². The smallest absolute Gasteiger partial charge is 0.430 e. The molecule has 3 aliphatic rings. The highest BCUT2D eigenvalue weighted by molar-refractivity contribution is 6.07. The van der Waals surface area contributed by atoms with Crippen LogP contribution in [0.15, 0.2) is 41.9 Å². The van der Waals surface area contributed by atoms with Crippen molar-refractivity contribution < 1.29 is 55.2 Å². The van der Waals surface area contributed by atoms with E-state index >= 15 is 0 Å². The van der Waals surface area contributed by atoms with Crippen molar-refractivity contribution in [3.05, 3.63) is 53.0 Å². The number of unbranched alkanes of at least 4 members (excludes halogenated alkanes) is 1. The van der Waals surface area contributed by atoms with Crippen molar-refractivity contribution in [3.8, 4) is 5.75 Å². The molecule has 1 aliphatic carbocycles. The summed E-state index contributed by atoms with van der Waals surface area (Å²) in [6.07, 6.45) is -6.86. The zero-order chi connectivity index (χ0) is 30.9. The number of imide groups is 1. The summed E-state index contributed by atoms with van der Waals surface area (Å²) in [5, 5.41) is 12.5. The average Bonchev–Trinajstić information content (AvgIpc) is 3.15. The van der Waals surface area contributed by atoms with Gasteiger partial charge >= 0.3 is 18.4 Å². The van der Waals surface area contributed by atoms with E-state index < -0.39 is 41.0 Å². The molecule has 4 rings (SSSR count). The Labute approximate surface area is 238 Å². The van der Waals surface area contributed by atoms with Crippen LogP contribution in [0.5, 0.6) is 5.75 Å². The highest BCUT2D eigenvalue weighted by Crippen LogP contribution is 2.50. The summed E-state index contributed by atoms with van der Waals surface area (Å²) in [6.45, 7) is 4.29. The lowest BCUT2D eigenvalue weighted by Gasteiger charge is -2.34. The number of allylic oxidation sites excluding steroid dienone is 2. The maximum atomic E-state index is 13.3. The van der Waals surface area contributed by atoms with E-state index in [1.54, 1.807) is 19.9 Å². The average molecular weight is 607 g/mol. The Balaban J connectivity index is 1.35. The molecule has 0 saturated carbocycles. The Bertz CT molecular complexity index is 1250. The van der Waals surface area contributed by atoms with E-state index in [4.69, 9.17) is 14.2 Å². The van der Waals surface area contributed by atoms with Crippen LogP contribution in [0.1, 0.15) is 50.7 Å². The lowest BCUT2D eigenvalue weighted by Crippen LogP contribution is -2.53. The highest BCUT2D eigenvalue weighted by atomic mass is 19.4.